The molecule has 208 valence electrons. The smallest absolute Gasteiger partial charge is 0.367 e. The van der Waals surface area contributed by atoms with Gasteiger partial charge in [0.05, 0.1) is 12.1 Å². The van der Waals surface area contributed by atoms with Gasteiger partial charge in [-0.15, -0.1) is 0 Å². The van der Waals surface area contributed by atoms with Crippen LogP contribution in [0.5, 0.6) is 0 Å². The van der Waals surface area contributed by atoms with Gasteiger partial charge in [-0.2, -0.15) is 13.2 Å². The van der Waals surface area contributed by atoms with E-state index in [2.05, 4.69) is 10.2 Å². The number of piperazine rings is 1. The van der Waals surface area contributed by atoms with Gasteiger partial charge in [-0.3, -0.25) is 14.5 Å². The number of rotatable bonds is 10. The number of carbonyl (C=O) groups is 2. The maximum atomic E-state index is 15.0. The highest BCUT2D eigenvalue weighted by Crippen LogP contribution is 2.28. The highest BCUT2D eigenvalue weighted by Gasteiger charge is 2.34. The van der Waals surface area contributed by atoms with E-state index in [-0.39, 0.29) is 12.5 Å². The molecule has 1 aliphatic rings. The van der Waals surface area contributed by atoms with Gasteiger partial charge < -0.3 is 15.1 Å². The molecular formula is C28H36F4N4O2. The maximum Gasteiger partial charge on any atom is 0.389 e. The number of amides is 2. The van der Waals surface area contributed by atoms with Crippen LogP contribution in [-0.4, -0.2) is 67.1 Å². The monoisotopic (exact) mass is 536 g/mol. The molecule has 6 nitrogen and oxygen atoms in total. The van der Waals surface area contributed by atoms with E-state index >= 15 is 4.39 Å². The number of hydrogen-bond donors (Lipinski definition) is 1. The predicted octanol–water partition coefficient (Wildman–Crippen LogP) is 4.76. The molecule has 0 spiro atoms. The molecule has 1 heterocycles. The molecule has 0 aromatic heterocycles. The summed E-state index contributed by atoms with van der Waals surface area (Å²) in [6.45, 7) is 8.51. The second kappa shape index (κ2) is 13.1. The lowest BCUT2D eigenvalue weighted by Crippen LogP contribution is -2.52. The van der Waals surface area contributed by atoms with E-state index in [0.29, 0.717) is 50.5 Å². The molecule has 2 aromatic rings. The molecule has 2 amide bonds. The molecule has 2 unspecified atom stereocenters. The Morgan fingerprint density at radius 1 is 1.00 bits per heavy atom. The first-order chi connectivity index (χ1) is 18.0. The van der Waals surface area contributed by atoms with Crippen LogP contribution < -0.4 is 10.2 Å². The molecule has 1 saturated heterocycles. The highest BCUT2D eigenvalue weighted by molar-refractivity contribution is 5.83. The quantitative estimate of drug-likeness (QED) is 0.445. The molecule has 0 bridgehead atoms. The number of anilines is 1. The standard InChI is InChI=1S/C28H36F4N4O2/c1-4-34(5-2)27(38)25(22-9-7-6-8-10-22)36-15-13-35(14-16-36)24-12-11-21(17-23(24)29)19-33-26(37)20(3)18-28(30,31)32/h6-12,17,20,25H,4-5,13-16,18-19H2,1-3H3,(H,33,37). The maximum absolute atomic E-state index is 15.0. The van der Waals surface area contributed by atoms with Gasteiger partial charge in [-0.05, 0) is 37.1 Å². The molecule has 1 aliphatic heterocycles. The molecule has 2 aromatic carbocycles. The summed E-state index contributed by atoms with van der Waals surface area (Å²) in [5.74, 6) is -2.36. The summed E-state index contributed by atoms with van der Waals surface area (Å²) in [7, 11) is 0. The molecule has 0 aliphatic carbocycles. The number of carbonyl (C=O) groups excluding carboxylic acids is 2. The summed E-state index contributed by atoms with van der Waals surface area (Å²) < 4.78 is 52.5. The second-order valence-corrected chi connectivity index (χ2v) is 9.57. The van der Waals surface area contributed by atoms with E-state index in [1.165, 1.54) is 13.0 Å². The van der Waals surface area contributed by atoms with Crippen molar-refractivity contribution in [2.75, 3.05) is 44.2 Å². The zero-order valence-corrected chi connectivity index (χ0v) is 22.1. The van der Waals surface area contributed by atoms with Crippen LogP contribution in [-0.2, 0) is 16.1 Å². The van der Waals surface area contributed by atoms with Crippen molar-refractivity contribution >= 4 is 17.5 Å². The van der Waals surface area contributed by atoms with Crippen LogP contribution in [0.15, 0.2) is 48.5 Å². The first kappa shape index (κ1) is 29.4. The van der Waals surface area contributed by atoms with Gasteiger partial charge in [-0.25, -0.2) is 4.39 Å². The summed E-state index contributed by atoms with van der Waals surface area (Å²) in [6.07, 6.45) is -5.63. The minimum atomic E-state index is -4.42. The van der Waals surface area contributed by atoms with Gasteiger partial charge in [0.1, 0.15) is 11.9 Å². The fourth-order valence-corrected chi connectivity index (χ4v) is 4.79. The minimum Gasteiger partial charge on any atom is -0.367 e. The van der Waals surface area contributed by atoms with Gasteiger partial charge in [-0.1, -0.05) is 43.3 Å². The molecule has 0 saturated carbocycles. The predicted molar refractivity (Wildman–Crippen MR) is 139 cm³/mol. The van der Waals surface area contributed by atoms with E-state index in [0.717, 1.165) is 5.56 Å². The van der Waals surface area contributed by atoms with Crippen molar-refractivity contribution in [2.45, 2.75) is 46.0 Å². The zero-order valence-electron chi connectivity index (χ0n) is 22.1. The molecule has 0 radical (unpaired) electrons. The molecule has 3 rings (SSSR count). The van der Waals surface area contributed by atoms with Crippen molar-refractivity contribution in [3.8, 4) is 0 Å². The van der Waals surface area contributed by atoms with Crippen molar-refractivity contribution in [3.05, 3.63) is 65.5 Å². The van der Waals surface area contributed by atoms with Gasteiger partial charge in [0.2, 0.25) is 11.8 Å². The van der Waals surface area contributed by atoms with Gasteiger partial charge >= 0.3 is 6.18 Å². The lowest BCUT2D eigenvalue weighted by atomic mass is 10.0. The molecule has 2 atom stereocenters. The third-order valence-corrected chi connectivity index (χ3v) is 6.91. The van der Waals surface area contributed by atoms with Gasteiger partial charge in [0, 0.05) is 51.7 Å². The largest absolute Gasteiger partial charge is 0.389 e. The average Bonchev–Trinajstić information content (AvgIpc) is 2.88. The summed E-state index contributed by atoms with van der Waals surface area (Å²) in [5.41, 5.74) is 1.81. The fraction of sp³-hybridized carbons (Fsp3) is 0.500. The zero-order chi connectivity index (χ0) is 27.9. The molecular weight excluding hydrogens is 500 g/mol. The molecule has 1 N–H and O–H groups in total. The van der Waals surface area contributed by atoms with Crippen LogP contribution in [0, 0.1) is 11.7 Å². The topological polar surface area (TPSA) is 55.9 Å². The van der Waals surface area contributed by atoms with Crippen LogP contribution in [0.4, 0.5) is 23.2 Å². The summed E-state index contributed by atoms with van der Waals surface area (Å²) in [6, 6.07) is 13.9. The summed E-state index contributed by atoms with van der Waals surface area (Å²) >= 11 is 0. The number of nitrogens with one attached hydrogen (secondary N) is 1. The Hall–Kier alpha value is -3.14. The van der Waals surface area contributed by atoms with Crippen LogP contribution >= 0.6 is 0 Å². The van der Waals surface area contributed by atoms with Gasteiger partial charge in [0.25, 0.3) is 0 Å². The average molecular weight is 537 g/mol. The molecule has 10 heteroatoms. The summed E-state index contributed by atoms with van der Waals surface area (Å²) in [4.78, 5) is 31.2. The Labute approximate surface area is 221 Å². The lowest BCUT2D eigenvalue weighted by Gasteiger charge is -2.41. The normalized spacial score (nSPS) is 16.1. The first-order valence-corrected chi connectivity index (χ1v) is 13.0. The van der Waals surface area contributed by atoms with E-state index in [1.54, 1.807) is 12.1 Å². The lowest BCUT2D eigenvalue weighted by molar-refractivity contribution is -0.153. The number of nitrogens with zero attached hydrogens (tertiary/aromatic N) is 3. The Bertz CT molecular complexity index is 1070. The highest BCUT2D eigenvalue weighted by atomic mass is 19.4. The summed E-state index contributed by atoms with van der Waals surface area (Å²) in [5, 5.41) is 2.45. The Balaban J connectivity index is 1.63. The van der Waals surface area contributed by atoms with Crippen LogP contribution in [0.1, 0.15) is 44.4 Å². The Morgan fingerprint density at radius 3 is 2.18 bits per heavy atom. The number of hydrogen-bond acceptors (Lipinski definition) is 4. The van der Waals surface area contributed by atoms with Crippen molar-refractivity contribution in [2.24, 2.45) is 5.92 Å². The van der Waals surface area contributed by atoms with E-state index in [1.807, 2.05) is 54.0 Å². The third kappa shape index (κ3) is 7.69. The fourth-order valence-electron chi connectivity index (χ4n) is 4.79. The van der Waals surface area contributed by atoms with E-state index in [9.17, 15) is 22.8 Å². The van der Waals surface area contributed by atoms with E-state index in [4.69, 9.17) is 0 Å². The Morgan fingerprint density at radius 2 is 1.63 bits per heavy atom. The van der Waals surface area contributed by atoms with Crippen molar-refractivity contribution in [1.82, 2.24) is 15.1 Å². The van der Waals surface area contributed by atoms with Crippen LogP contribution in [0.25, 0.3) is 0 Å². The SMILES string of the molecule is CCN(CC)C(=O)C(c1ccccc1)N1CCN(c2ccc(CNC(=O)C(C)CC(F)(F)F)cc2F)CC1. The minimum absolute atomic E-state index is 0.0526. The Kier molecular flexibility index (Phi) is 10.1. The number of halogens is 4. The molecule has 1 fully saturated rings. The number of benzene rings is 2. The van der Waals surface area contributed by atoms with Crippen LogP contribution in [0.2, 0.25) is 0 Å². The van der Waals surface area contributed by atoms with Gasteiger partial charge in [0.15, 0.2) is 0 Å². The first-order valence-electron chi connectivity index (χ1n) is 13.0. The van der Waals surface area contributed by atoms with E-state index < -0.39 is 36.3 Å². The van der Waals surface area contributed by atoms with Crippen molar-refractivity contribution in [1.29, 1.82) is 0 Å². The van der Waals surface area contributed by atoms with Crippen molar-refractivity contribution in [3.63, 3.8) is 0 Å². The number of likely N-dealkylation sites (N-methyl/N-ethyl adjacent to an activating group) is 1. The third-order valence-electron chi connectivity index (χ3n) is 6.91. The van der Waals surface area contributed by atoms with Crippen LogP contribution in [0.3, 0.4) is 0 Å². The number of alkyl halides is 3. The van der Waals surface area contributed by atoms with Crippen molar-refractivity contribution < 1.29 is 27.2 Å². The second-order valence-electron chi connectivity index (χ2n) is 9.57. The molecule has 38 heavy (non-hydrogen) atoms.